The van der Waals surface area contributed by atoms with Crippen LogP contribution in [0.25, 0.3) is 0 Å². The van der Waals surface area contributed by atoms with Gasteiger partial charge < -0.3 is 14.7 Å². The van der Waals surface area contributed by atoms with E-state index in [1.807, 2.05) is 0 Å². The van der Waals surface area contributed by atoms with Gasteiger partial charge in [0, 0.05) is 19.2 Å². The smallest absolute Gasteiger partial charge is 0.409 e. The monoisotopic (exact) mass is 173 g/mol. The van der Waals surface area contributed by atoms with Gasteiger partial charge in [-0.05, 0) is 19.3 Å². The molecule has 0 aromatic carbocycles. The third kappa shape index (κ3) is 1.88. The lowest BCUT2D eigenvalue weighted by Gasteiger charge is -2.39. The number of nitrogens with zero attached hydrogens (tertiary/aromatic N) is 1. The van der Waals surface area contributed by atoms with Crippen molar-refractivity contribution in [2.45, 2.75) is 25.3 Å². The first kappa shape index (κ1) is 9.32. The summed E-state index contributed by atoms with van der Waals surface area (Å²) in [6.07, 6.45) is 2.43. The third-order valence-corrected chi connectivity index (χ3v) is 2.25. The molecule has 0 bridgehead atoms. The lowest BCUT2D eigenvalue weighted by molar-refractivity contribution is 0.0551. The van der Waals surface area contributed by atoms with Crippen molar-refractivity contribution < 1.29 is 14.6 Å². The van der Waals surface area contributed by atoms with Gasteiger partial charge in [-0.15, -0.1) is 0 Å². The summed E-state index contributed by atoms with van der Waals surface area (Å²) in [5, 5.41) is 8.58. The highest BCUT2D eigenvalue weighted by molar-refractivity contribution is 5.68. The van der Waals surface area contributed by atoms with E-state index in [9.17, 15) is 4.79 Å². The van der Waals surface area contributed by atoms with Gasteiger partial charge in [0.15, 0.2) is 0 Å². The Morgan fingerprint density at radius 2 is 2.50 bits per heavy atom. The Hall–Kier alpha value is -0.770. The van der Waals surface area contributed by atoms with Crippen LogP contribution in [-0.2, 0) is 4.74 Å². The van der Waals surface area contributed by atoms with Crippen LogP contribution in [0, 0.1) is 0 Å². The molecule has 4 heteroatoms. The minimum atomic E-state index is -0.246. The van der Waals surface area contributed by atoms with E-state index in [0.29, 0.717) is 6.04 Å². The van der Waals surface area contributed by atoms with Gasteiger partial charge in [-0.3, -0.25) is 0 Å². The van der Waals surface area contributed by atoms with Crippen LogP contribution in [0.2, 0.25) is 0 Å². The largest absolute Gasteiger partial charge is 0.453 e. The molecule has 1 heterocycles. The number of hydrogen-bond donors (Lipinski definition) is 1. The molecule has 1 unspecified atom stereocenters. The summed E-state index contributed by atoms with van der Waals surface area (Å²) >= 11 is 0. The van der Waals surface area contributed by atoms with E-state index in [2.05, 4.69) is 4.74 Å². The topological polar surface area (TPSA) is 49.8 Å². The molecule has 0 radical (unpaired) electrons. The highest BCUT2D eigenvalue weighted by Gasteiger charge is 2.31. The fourth-order valence-electron chi connectivity index (χ4n) is 1.43. The molecule has 1 amide bonds. The maximum atomic E-state index is 11.0. The van der Waals surface area contributed by atoms with E-state index in [0.717, 1.165) is 25.8 Å². The first-order valence-corrected chi connectivity index (χ1v) is 4.25. The molecular weight excluding hydrogens is 158 g/mol. The number of hydrogen-bond acceptors (Lipinski definition) is 3. The van der Waals surface area contributed by atoms with Gasteiger partial charge in [-0.25, -0.2) is 4.79 Å². The Bertz CT molecular complexity index is 160. The molecule has 1 fully saturated rings. The molecule has 1 rings (SSSR count). The molecule has 1 aliphatic heterocycles. The second-order valence-electron chi connectivity index (χ2n) is 2.97. The normalized spacial score (nSPS) is 21.8. The zero-order valence-electron chi connectivity index (χ0n) is 7.32. The number of amides is 1. The Balaban J connectivity index is 2.24. The number of methoxy groups -OCH3 is 1. The summed E-state index contributed by atoms with van der Waals surface area (Å²) in [6.45, 7) is 0.994. The quantitative estimate of drug-likeness (QED) is 0.680. The first-order valence-electron chi connectivity index (χ1n) is 4.25. The van der Waals surface area contributed by atoms with Crippen molar-refractivity contribution in [3.05, 3.63) is 0 Å². The van der Waals surface area contributed by atoms with Gasteiger partial charge in [-0.2, -0.15) is 0 Å². The first-order chi connectivity index (χ1) is 5.79. The molecule has 0 spiro atoms. The molecule has 70 valence electrons. The van der Waals surface area contributed by atoms with Crippen molar-refractivity contribution in [1.82, 2.24) is 4.90 Å². The molecule has 1 atom stereocenters. The Kier molecular flexibility index (Phi) is 3.34. The van der Waals surface area contributed by atoms with Crippen LogP contribution in [0.4, 0.5) is 4.79 Å². The van der Waals surface area contributed by atoms with E-state index >= 15 is 0 Å². The lowest BCUT2D eigenvalue weighted by atomic mass is 9.99. The zero-order chi connectivity index (χ0) is 8.97. The lowest BCUT2D eigenvalue weighted by Crippen LogP contribution is -2.51. The van der Waals surface area contributed by atoms with Gasteiger partial charge in [0.05, 0.1) is 7.11 Å². The molecule has 1 saturated heterocycles. The van der Waals surface area contributed by atoms with Crippen LogP contribution >= 0.6 is 0 Å². The van der Waals surface area contributed by atoms with Crippen LogP contribution in [0.15, 0.2) is 0 Å². The molecular formula is C8H15NO3. The molecule has 1 N–H and O–H groups in total. The number of likely N-dealkylation sites (tertiary alicyclic amines) is 1. The summed E-state index contributed by atoms with van der Waals surface area (Å²) < 4.78 is 4.59. The Morgan fingerprint density at radius 1 is 1.75 bits per heavy atom. The second-order valence-corrected chi connectivity index (χ2v) is 2.97. The summed E-state index contributed by atoms with van der Waals surface area (Å²) in [6, 6.07) is 0.296. The van der Waals surface area contributed by atoms with Crippen molar-refractivity contribution in [1.29, 1.82) is 0 Å². The Morgan fingerprint density at radius 3 is 2.92 bits per heavy atom. The van der Waals surface area contributed by atoms with E-state index < -0.39 is 0 Å². The van der Waals surface area contributed by atoms with Crippen LogP contribution in [0.5, 0.6) is 0 Å². The van der Waals surface area contributed by atoms with E-state index in [-0.39, 0.29) is 12.7 Å². The second kappa shape index (κ2) is 4.30. The molecule has 0 aliphatic carbocycles. The zero-order valence-corrected chi connectivity index (χ0v) is 7.32. The van der Waals surface area contributed by atoms with Crippen LogP contribution in [-0.4, -0.2) is 42.4 Å². The minimum absolute atomic E-state index is 0.200. The van der Waals surface area contributed by atoms with E-state index in [1.54, 1.807) is 4.90 Å². The predicted molar refractivity (Wildman–Crippen MR) is 43.8 cm³/mol. The minimum Gasteiger partial charge on any atom is -0.453 e. The number of ether oxygens (including phenoxy) is 1. The molecule has 12 heavy (non-hydrogen) atoms. The number of rotatable bonds is 3. The fraction of sp³-hybridized carbons (Fsp3) is 0.875. The van der Waals surface area contributed by atoms with Gasteiger partial charge in [0.25, 0.3) is 0 Å². The summed E-state index contributed by atoms with van der Waals surface area (Å²) in [7, 11) is 1.39. The van der Waals surface area contributed by atoms with Crippen molar-refractivity contribution in [2.24, 2.45) is 0 Å². The Labute approximate surface area is 72.1 Å². The average Bonchev–Trinajstić information content (AvgIpc) is 2.03. The molecule has 0 aromatic rings. The van der Waals surface area contributed by atoms with Crippen molar-refractivity contribution in [3.63, 3.8) is 0 Å². The standard InChI is InChI=1S/C8H15NO3/c1-12-8(11)9-5-4-7(9)3-2-6-10/h7,10H,2-6H2,1H3. The van der Waals surface area contributed by atoms with Crippen LogP contribution in [0.1, 0.15) is 19.3 Å². The van der Waals surface area contributed by atoms with Gasteiger partial charge in [0.1, 0.15) is 0 Å². The number of aliphatic hydroxyl groups excluding tert-OH is 1. The number of carbonyl (C=O) groups excluding carboxylic acids is 1. The molecule has 4 nitrogen and oxygen atoms in total. The van der Waals surface area contributed by atoms with Crippen molar-refractivity contribution >= 4 is 6.09 Å². The van der Waals surface area contributed by atoms with Crippen molar-refractivity contribution in [3.8, 4) is 0 Å². The number of carbonyl (C=O) groups is 1. The average molecular weight is 173 g/mol. The maximum absolute atomic E-state index is 11.0. The van der Waals surface area contributed by atoms with Gasteiger partial charge >= 0.3 is 6.09 Å². The summed E-state index contributed by atoms with van der Waals surface area (Å²) in [4.78, 5) is 12.7. The van der Waals surface area contributed by atoms with Crippen LogP contribution < -0.4 is 0 Å². The summed E-state index contributed by atoms with van der Waals surface area (Å²) in [5.41, 5.74) is 0. The number of aliphatic hydroxyl groups is 1. The third-order valence-electron chi connectivity index (χ3n) is 2.25. The maximum Gasteiger partial charge on any atom is 0.409 e. The van der Waals surface area contributed by atoms with E-state index in [1.165, 1.54) is 7.11 Å². The van der Waals surface area contributed by atoms with Crippen molar-refractivity contribution in [2.75, 3.05) is 20.3 Å². The summed E-state index contributed by atoms with van der Waals surface area (Å²) in [5.74, 6) is 0. The molecule has 1 aliphatic rings. The van der Waals surface area contributed by atoms with E-state index in [4.69, 9.17) is 5.11 Å². The highest BCUT2D eigenvalue weighted by Crippen LogP contribution is 2.22. The fourth-order valence-corrected chi connectivity index (χ4v) is 1.43. The molecule has 0 saturated carbocycles. The SMILES string of the molecule is COC(=O)N1CCC1CCCO. The molecule has 0 aromatic heterocycles. The predicted octanol–water partition coefficient (Wildman–Crippen LogP) is 0.600. The highest BCUT2D eigenvalue weighted by atomic mass is 16.5. The van der Waals surface area contributed by atoms with Gasteiger partial charge in [0.2, 0.25) is 0 Å². The van der Waals surface area contributed by atoms with Gasteiger partial charge in [-0.1, -0.05) is 0 Å². The van der Waals surface area contributed by atoms with Crippen LogP contribution in [0.3, 0.4) is 0 Å².